The second kappa shape index (κ2) is 7.00. The summed E-state index contributed by atoms with van der Waals surface area (Å²) in [4.78, 5) is 14.8. The van der Waals surface area contributed by atoms with E-state index in [4.69, 9.17) is 9.26 Å². The first-order chi connectivity index (χ1) is 12.2. The molecule has 1 aromatic heterocycles. The van der Waals surface area contributed by atoms with Crippen LogP contribution >= 0.6 is 0 Å². The predicted molar refractivity (Wildman–Crippen MR) is 93.3 cm³/mol. The lowest BCUT2D eigenvalue weighted by Crippen LogP contribution is -2.42. The molecule has 2 fully saturated rings. The number of benzene rings is 1. The van der Waals surface area contributed by atoms with Crippen LogP contribution in [0.2, 0.25) is 0 Å². The molecule has 0 N–H and O–H groups in total. The monoisotopic (exact) mass is 340 g/mol. The van der Waals surface area contributed by atoms with Crippen LogP contribution < -0.4 is 0 Å². The number of hydrogen-bond acceptors (Lipinski definition) is 4. The van der Waals surface area contributed by atoms with Gasteiger partial charge in [0.25, 0.3) is 5.91 Å². The zero-order chi connectivity index (χ0) is 17.2. The highest BCUT2D eigenvalue weighted by Crippen LogP contribution is 2.32. The summed E-state index contributed by atoms with van der Waals surface area (Å²) < 4.78 is 11.3. The van der Waals surface area contributed by atoms with Crippen molar-refractivity contribution in [3.8, 4) is 0 Å². The van der Waals surface area contributed by atoms with Crippen LogP contribution in [0.3, 0.4) is 0 Å². The van der Waals surface area contributed by atoms with E-state index in [1.165, 1.54) is 18.4 Å². The minimum absolute atomic E-state index is 0.0469. The van der Waals surface area contributed by atoms with Gasteiger partial charge < -0.3 is 14.2 Å². The molecule has 25 heavy (non-hydrogen) atoms. The lowest BCUT2D eigenvalue weighted by molar-refractivity contribution is 0.0197. The number of aromatic nitrogens is 1. The van der Waals surface area contributed by atoms with Crippen molar-refractivity contribution in [1.29, 1.82) is 0 Å². The Labute approximate surface area is 147 Å². The Morgan fingerprint density at radius 3 is 2.76 bits per heavy atom. The fraction of sp³-hybridized carbons (Fsp3) is 0.500. The molecule has 1 aliphatic carbocycles. The fourth-order valence-electron chi connectivity index (χ4n) is 3.53. The average Bonchev–Trinajstić information content (AvgIpc) is 3.23. The van der Waals surface area contributed by atoms with E-state index in [-0.39, 0.29) is 18.1 Å². The number of ether oxygens (including phenoxy) is 1. The maximum Gasteiger partial charge on any atom is 0.276 e. The van der Waals surface area contributed by atoms with Gasteiger partial charge in [0.15, 0.2) is 5.69 Å². The van der Waals surface area contributed by atoms with Gasteiger partial charge in [-0.25, -0.2) is 0 Å². The van der Waals surface area contributed by atoms with Crippen molar-refractivity contribution in [2.24, 2.45) is 5.92 Å². The number of amides is 1. The summed E-state index contributed by atoms with van der Waals surface area (Å²) in [6.45, 7) is 3.33. The first kappa shape index (κ1) is 16.3. The number of likely N-dealkylation sites (tertiary alicyclic amines) is 1. The normalized spacial score (nSPS) is 23.2. The van der Waals surface area contributed by atoms with Crippen molar-refractivity contribution >= 4 is 5.91 Å². The van der Waals surface area contributed by atoms with Crippen molar-refractivity contribution in [2.45, 2.75) is 44.8 Å². The van der Waals surface area contributed by atoms with E-state index in [2.05, 4.69) is 17.3 Å². The van der Waals surface area contributed by atoms with Gasteiger partial charge in [0.05, 0.1) is 12.1 Å². The number of rotatable bonds is 6. The molecule has 2 aromatic rings. The van der Waals surface area contributed by atoms with Crippen molar-refractivity contribution in [1.82, 2.24) is 10.1 Å². The Balaban J connectivity index is 1.52. The number of hydrogen-bond donors (Lipinski definition) is 0. The van der Waals surface area contributed by atoms with Crippen LogP contribution in [0, 0.1) is 12.8 Å². The maximum absolute atomic E-state index is 12.9. The molecular weight excluding hydrogens is 316 g/mol. The second-order valence-electron chi connectivity index (χ2n) is 7.18. The van der Waals surface area contributed by atoms with Gasteiger partial charge in [-0.15, -0.1) is 0 Å². The Bertz CT molecular complexity index is 724. The molecule has 1 aliphatic heterocycles. The van der Waals surface area contributed by atoms with Crippen molar-refractivity contribution < 1.29 is 14.1 Å². The summed E-state index contributed by atoms with van der Waals surface area (Å²) in [5, 5.41) is 3.90. The highest BCUT2D eigenvalue weighted by molar-refractivity contribution is 5.92. The van der Waals surface area contributed by atoms with Gasteiger partial charge >= 0.3 is 0 Å². The molecule has 0 spiro atoms. The summed E-state index contributed by atoms with van der Waals surface area (Å²) in [5.41, 5.74) is 1.61. The molecule has 0 radical (unpaired) electrons. The smallest absolute Gasteiger partial charge is 0.276 e. The first-order valence-corrected chi connectivity index (χ1v) is 9.10. The number of carbonyl (C=O) groups is 1. The van der Waals surface area contributed by atoms with Gasteiger partial charge in [0.1, 0.15) is 5.76 Å². The van der Waals surface area contributed by atoms with Gasteiger partial charge in [0.2, 0.25) is 0 Å². The number of nitrogens with zero attached hydrogens (tertiary/aromatic N) is 2. The molecule has 0 bridgehead atoms. The molecule has 2 aliphatic rings. The molecule has 1 saturated heterocycles. The van der Waals surface area contributed by atoms with Gasteiger partial charge in [-0.05, 0) is 44.1 Å². The van der Waals surface area contributed by atoms with Gasteiger partial charge in [-0.2, -0.15) is 0 Å². The molecule has 2 heterocycles. The number of carbonyl (C=O) groups excluding carboxylic acids is 1. The third-order valence-electron chi connectivity index (χ3n) is 5.12. The van der Waals surface area contributed by atoms with Gasteiger partial charge in [0, 0.05) is 19.2 Å². The van der Waals surface area contributed by atoms with Crippen LogP contribution in [0.4, 0.5) is 0 Å². The van der Waals surface area contributed by atoms with Crippen LogP contribution in [-0.2, 0) is 11.2 Å². The zero-order valence-corrected chi connectivity index (χ0v) is 14.6. The molecule has 1 aromatic carbocycles. The summed E-state index contributed by atoms with van der Waals surface area (Å²) in [7, 11) is 0. The fourth-order valence-corrected chi connectivity index (χ4v) is 3.53. The van der Waals surface area contributed by atoms with Crippen LogP contribution in [0.5, 0.6) is 0 Å². The molecule has 4 rings (SSSR count). The van der Waals surface area contributed by atoms with Crippen LogP contribution in [0.1, 0.15) is 41.1 Å². The largest absolute Gasteiger partial charge is 0.376 e. The molecule has 0 unspecified atom stereocenters. The van der Waals surface area contributed by atoms with Crippen molar-refractivity contribution in [3.63, 3.8) is 0 Å². The van der Waals surface area contributed by atoms with E-state index in [1.807, 2.05) is 23.1 Å². The predicted octanol–water partition coefficient (Wildman–Crippen LogP) is 3.24. The van der Waals surface area contributed by atoms with Crippen LogP contribution in [0.25, 0.3) is 0 Å². The standard InChI is InChI=1S/C20H24N2O3/c1-14-11-17(21-25-14)20(23)22-10-9-19(24-13-16-7-8-16)18(22)12-15-5-3-2-4-6-15/h2-6,11,16,18-19H,7-10,12-13H2,1H3/t18-,19-/m0/s1. The van der Waals surface area contributed by atoms with Crippen molar-refractivity contribution in [3.05, 3.63) is 53.4 Å². The zero-order valence-electron chi connectivity index (χ0n) is 14.6. The third-order valence-corrected chi connectivity index (χ3v) is 5.12. The maximum atomic E-state index is 12.9. The third kappa shape index (κ3) is 3.76. The topological polar surface area (TPSA) is 55.6 Å². The molecule has 2 atom stereocenters. The quantitative estimate of drug-likeness (QED) is 0.810. The van der Waals surface area contributed by atoms with E-state index in [0.717, 1.165) is 25.4 Å². The molecule has 1 saturated carbocycles. The minimum Gasteiger partial charge on any atom is -0.376 e. The van der Waals surface area contributed by atoms with E-state index in [9.17, 15) is 4.79 Å². The first-order valence-electron chi connectivity index (χ1n) is 9.10. The van der Waals surface area contributed by atoms with Crippen LogP contribution in [0.15, 0.2) is 40.9 Å². The molecule has 132 valence electrons. The molecule has 1 amide bonds. The van der Waals surface area contributed by atoms with E-state index < -0.39 is 0 Å². The lowest BCUT2D eigenvalue weighted by Gasteiger charge is -2.28. The minimum atomic E-state index is -0.0599. The summed E-state index contributed by atoms with van der Waals surface area (Å²) >= 11 is 0. The Morgan fingerprint density at radius 1 is 1.28 bits per heavy atom. The van der Waals surface area contributed by atoms with E-state index >= 15 is 0 Å². The highest BCUT2D eigenvalue weighted by Gasteiger charge is 2.39. The summed E-state index contributed by atoms with van der Waals surface area (Å²) in [5.74, 6) is 1.32. The molecular formula is C20H24N2O3. The number of aryl methyl sites for hydroxylation is 1. The van der Waals surface area contributed by atoms with Gasteiger partial charge in [-0.1, -0.05) is 35.5 Å². The summed E-state index contributed by atoms with van der Waals surface area (Å²) in [6, 6.07) is 12.1. The van der Waals surface area contributed by atoms with Crippen molar-refractivity contribution in [2.75, 3.05) is 13.2 Å². The van der Waals surface area contributed by atoms with E-state index in [1.54, 1.807) is 13.0 Å². The summed E-state index contributed by atoms with van der Waals surface area (Å²) in [6.07, 6.45) is 4.33. The SMILES string of the molecule is Cc1cc(C(=O)N2CC[C@H](OCC3CC3)[C@@H]2Cc2ccccc2)no1. The Kier molecular flexibility index (Phi) is 4.57. The molecule has 5 heteroatoms. The highest BCUT2D eigenvalue weighted by atomic mass is 16.5. The Hall–Kier alpha value is -2.14. The lowest BCUT2D eigenvalue weighted by atomic mass is 10.0. The Morgan fingerprint density at radius 2 is 2.08 bits per heavy atom. The second-order valence-corrected chi connectivity index (χ2v) is 7.18. The van der Waals surface area contributed by atoms with E-state index in [0.29, 0.717) is 18.0 Å². The van der Waals surface area contributed by atoms with Gasteiger partial charge in [-0.3, -0.25) is 4.79 Å². The molecule has 5 nitrogen and oxygen atoms in total. The average molecular weight is 340 g/mol. The van der Waals surface area contributed by atoms with Crippen LogP contribution in [-0.4, -0.2) is 41.3 Å².